The Hall–Kier alpha value is -3.21. The predicted molar refractivity (Wildman–Crippen MR) is 120 cm³/mol. The molecule has 4 heterocycles. The maximum Gasteiger partial charge on any atom is 0.410 e. The number of hydrogen-bond donors (Lipinski definition) is 2. The van der Waals surface area contributed by atoms with Crippen molar-refractivity contribution in [2.45, 2.75) is 43.6 Å². The van der Waals surface area contributed by atoms with E-state index in [1.807, 2.05) is 10.9 Å². The molecule has 1 fully saturated rings. The largest absolute Gasteiger partial charge is 0.493 e. The van der Waals surface area contributed by atoms with Gasteiger partial charge in [0.2, 0.25) is 0 Å². The summed E-state index contributed by atoms with van der Waals surface area (Å²) in [4.78, 5) is 0. The zero-order valence-corrected chi connectivity index (χ0v) is 19.0. The van der Waals surface area contributed by atoms with Crippen LogP contribution in [0.2, 0.25) is 0 Å². The molecule has 0 radical (unpaired) electrons. The van der Waals surface area contributed by atoms with Crippen LogP contribution in [-0.2, 0) is 0 Å². The molecule has 1 aromatic carbocycles. The normalized spacial score (nSPS) is 21.1. The highest BCUT2D eigenvalue weighted by molar-refractivity contribution is 5.63. The second-order valence-corrected chi connectivity index (χ2v) is 8.65. The molecule has 11 heteroatoms. The van der Waals surface area contributed by atoms with E-state index in [1.54, 1.807) is 30.5 Å². The van der Waals surface area contributed by atoms with Gasteiger partial charge in [-0.1, -0.05) is 6.07 Å². The first-order valence-electron chi connectivity index (χ1n) is 11.3. The van der Waals surface area contributed by atoms with Crippen molar-refractivity contribution in [3.05, 3.63) is 42.2 Å². The van der Waals surface area contributed by atoms with Crippen LogP contribution in [0, 0.1) is 0 Å². The summed E-state index contributed by atoms with van der Waals surface area (Å²) in [5.41, 5.74) is 1.84. The predicted octanol–water partition coefficient (Wildman–Crippen LogP) is 4.35. The zero-order chi connectivity index (χ0) is 23.9. The zero-order valence-electron chi connectivity index (χ0n) is 19.0. The molecule has 2 unspecified atom stereocenters. The molecule has 182 valence electrons. The van der Waals surface area contributed by atoms with Crippen LogP contribution < -0.4 is 20.1 Å². The molecule has 2 aliphatic rings. The number of anilines is 1. The second kappa shape index (κ2) is 8.86. The highest BCUT2D eigenvalue weighted by atomic mass is 19.4. The highest BCUT2D eigenvalue weighted by Gasteiger charge is 2.46. The molecular formula is C23H27F3N6O2. The molecule has 2 N–H and O–H groups in total. The standard InChI is InChI=1S/C23H27F3N6O2/c1-33-19-4-3-14(9-20(19)34-2)17-10-21(23(24,25)26)32-22(29-17)11-18(30-32)15-12-28-31(13-15)16-5-7-27-8-6-16/h3-4,9,11-13,16-17,21,27,29H,5-8,10H2,1-2H3. The third-order valence-corrected chi connectivity index (χ3v) is 6.58. The first-order valence-corrected chi connectivity index (χ1v) is 11.3. The molecule has 1 saturated heterocycles. The minimum absolute atomic E-state index is 0.193. The Kier molecular flexibility index (Phi) is 5.88. The number of nitrogens with one attached hydrogen (secondary N) is 2. The van der Waals surface area contributed by atoms with Crippen LogP contribution in [0.1, 0.15) is 43.0 Å². The van der Waals surface area contributed by atoms with Crippen molar-refractivity contribution in [3.63, 3.8) is 0 Å². The van der Waals surface area contributed by atoms with Gasteiger partial charge < -0.3 is 20.1 Å². The van der Waals surface area contributed by atoms with Crippen LogP contribution in [0.5, 0.6) is 11.5 Å². The third-order valence-electron chi connectivity index (χ3n) is 6.58. The lowest BCUT2D eigenvalue weighted by atomic mass is 9.96. The molecule has 0 aliphatic carbocycles. The van der Waals surface area contributed by atoms with E-state index in [0.717, 1.165) is 30.6 Å². The summed E-state index contributed by atoms with van der Waals surface area (Å²) < 4.78 is 55.8. The van der Waals surface area contributed by atoms with Gasteiger partial charge in [0, 0.05) is 24.2 Å². The summed E-state index contributed by atoms with van der Waals surface area (Å²) in [6.45, 7) is 1.85. The van der Waals surface area contributed by atoms with Gasteiger partial charge >= 0.3 is 6.18 Å². The minimum atomic E-state index is -4.45. The summed E-state index contributed by atoms with van der Waals surface area (Å²) in [6.07, 6.45) is 0.830. The lowest BCUT2D eigenvalue weighted by molar-refractivity contribution is -0.173. The summed E-state index contributed by atoms with van der Waals surface area (Å²) >= 11 is 0. The molecule has 3 aromatic rings. The number of aromatic nitrogens is 4. The molecule has 0 spiro atoms. The molecule has 0 saturated carbocycles. The lowest BCUT2D eigenvalue weighted by Gasteiger charge is -2.33. The number of halogens is 3. The Morgan fingerprint density at radius 1 is 1.06 bits per heavy atom. The van der Waals surface area contributed by atoms with Crippen LogP contribution in [0.4, 0.5) is 19.0 Å². The van der Waals surface area contributed by atoms with E-state index in [0.29, 0.717) is 34.1 Å². The van der Waals surface area contributed by atoms with E-state index in [9.17, 15) is 13.2 Å². The monoisotopic (exact) mass is 476 g/mol. The Bertz CT molecular complexity index is 1150. The maximum absolute atomic E-state index is 14.1. The fourth-order valence-electron chi connectivity index (χ4n) is 4.74. The average molecular weight is 477 g/mol. The second-order valence-electron chi connectivity index (χ2n) is 8.65. The van der Waals surface area contributed by atoms with Gasteiger partial charge in [0.1, 0.15) is 5.82 Å². The average Bonchev–Trinajstić information content (AvgIpc) is 3.50. The maximum atomic E-state index is 14.1. The molecule has 2 aromatic heterocycles. The number of alkyl halides is 3. The SMILES string of the molecule is COc1ccc(C2CC(C(F)(F)F)n3nc(-c4cnn(C5CCNCC5)c4)cc3N2)cc1OC. The van der Waals surface area contributed by atoms with E-state index >= 15 is 0 Å². The number of ether oxygens (including phenoxy) is 2. The number of benzene rings is 1. The first-order chi connectivity index (χ1) is 16.4. The molecule has 2 atom stereocenters. The van der Waals surface area contributed by atoms with Crippen molar-refractivity contribution in [2.75, 3.05) is 32.6 Å². The van der Waals surface area contributed by atoms with Crippen molar-refractivity contribution >= 4 is 5.82 Å². The number of nitrogens with zero attached hydrogens (tertiary/aromatic N) is 4. The number of fused-ring (bicyclic) bond motifs is 1. The van der Waals surface area contributed by atoms with Gasteiger partial charge in [-0.25, -0.2) is 4.68 Å². The number of methoxy groups -OCH3 is 2. The van der Waals surface area contributed by atoms with Crippen molar-refractivity contribution in [2.24, 2.45) is 0 Å². The fourth-order valence-corrected chi connectivity index (χ4v) is 4.74. The van der Waals surface area contributed by atoms with Gasteiger partial charge in [-0.2, -0.15) is 23.4 Å². The van der Waals surface area contributed by atoms with Crippen molar-refractivity contribution in [1.82, 2.24) is 24.9 Å². The van der Waals surface area contributed by atoms with E-state index in [4.69, 9.17) is 9.47 Å². The quantitative estimate of drug-likeness (QED) is 0.570. The van der Waals surface area contributed by atoms with Gasteiger partial charge in [-0.3, -0.25) is 4.68 Å². The van der Waals surface area contributed by atoms with Crippen molar-refractivity contribution in [1.29, 1.82) is 0 Å². The van der Waals surface area contributed by atoms with Crippen LogP contribution >= 0.6 is 0 Å². The Labute approximate surface area is 195 Å². The summed E-state index contributed by atoms with van der Waals surface area (Å²) in [5.74, 6) is 1.31. The molecule has 5 rings (SSSR count). The Morgan fingerprint density at radius 2 is 1.82 bits per heavy atom. The molecular weight excluding hydrogens is 449 g/mol. The molecule has 34 heavy (non-hydrogen) atoms. The van der Waals surface area contributed by atoms with E-state index in [-0.39, 0.29) is 12.5 Å². The molecule has 0 amide bonds. The van der Waals surface area contributed by atoms with Crippen molar-refractivity contribution in [3.8, 4) is 22.8 Å². The minimum Gasteiger partial charge on any atom is -0.493 e. The lowest BCUT2D eigenvalue weighted by Crippen LogP contribution is -2.35. The first kappa shape index (κ1) is 22.6. The fraction of sp³-hybridized carbons (Fsp3) is 0.478. The molecule has 8 nitrogen and oxygen atoms in total. The smallest absolute Gasteiger partial charge is 0.410 e. The number of hydrogen-bond acceptors (Lipinski definition) is 6. The Morgan fingerprint density at radius 3 is 2.53 bits per heavy atom. The highest BCUT2D eigenvalue weighted by Crippen LogP contribution is 2.45. The van der Waals surface area contributed by atoms with Gasteiger partial charge in [0.25, 0.3) is 0 Å². The van der Waals surface area contributed by atoms with E-state index < -0.39 is 18.3 Å². The summed E-state index contributed by atoms with van der Waals surface area (Å²) in [7, 11) is 3.02. The third kappa shape index (κ3) is 4.20. The topological polar surface area (TPSA) is 78.2 Å². The van der Waals surface area contributed by atoms with Gasteiger partial charge in [-0.05, 0) is 43.6 Å². The van der Waals surface area contributed by atoms with Crippen molar-refractivity contribution < 1.29 is 22.6 Å². The summed E-state index contributed by atoms with van der Waals surface area (Å²) in [5, 5.41) is 15.4. The van der Waals surface area contributed by atoms with Crippen LogP contribution in [0.15, 0.2) is 36.7 Å². The van der Waals surface area contributed by atoms with E-state index in [2.05, 4.69) is 20.8 Å². The molecule has 0 bridgehead atoms. The Balaban J connectivity index is 1.46. The van der Waals surface area contributed by atoms with Gasteiger partial charge in [0.05, 0.1) is 38.2 Å². The van der Waals surface area contributed by atoms with Gasteiger partial charge in [0.15, 0.2) is 17.5 Å². The summed E-state index contributed by atoms with van der Waals surface area (Å²) in [6, 6.07) is 4.78. The number of rotatable bonds is 5. The van der Waals surface area contributed by atoms with E-state index in [1.165, 1.54) is 14.2 Å². The van der Waals surface area contributed by atoms with Gasteiger partial charge in [-0.15, -0.1) is 0 Å². The van der Waals surface area contributed by atoms with Crippen LogP contribution in [-0.4, -0.2) is 53.0 Å². The van der Waals surface area contributed by atoms with Crippen LogP contribution in [0.3, 0.4) is 0 Å². The van der Waals surface area contributed by atoms with Crippen LogP contribution in [0.25, 0.3) is 11.3 Å². The number of piperidine rings is 1. The molecule has 2 aliphatic heterocycles.